The van der Waals surface area contributed by atoms with Crippen LogP contribution in [0, 0.1) is 0 Å². The predicted molar refractivity (Wildman–Crippen MR) is 74.7 cm³/mol. The van der Waals surface area contributed by atoms with Crippen LogP contribution in [0.4, 0.5) is 11.6 Å². The zero-order chi connectivity index (χ0) is 13.5. The zero-order valence-corrected chi connectivity index (χ0v) is 10.9. The van der Waals surface area contributed by atoms with Gasteiger partial charge in [0.25, 0.3) is 0 Å². The van der Waals surface area contributed by atoms with Gasteiger partial charge in [-0.05, 0) is 25.0 Å². The predicted octanol–water partition coefficient (Wildman–Crippen LogP) is 1.53. The van der Waals surface area contributed by atoms with Crippen molar-refractivity contribution in [2.75, 3.05) is 5.32 Å². The number of hydrogen-bond donors (Lipinski definition) is 3. The van der Waals surface area contributed by atoms with Crippen molar-refractivity contribution in [3.05, 3.63) is 35.9 Å². The Morgan fingerprint density at radius 2 is 2.35 bits per heavy atom. The van der Waals surface area contributed by atoms with Crippen molar-refractivity contribution >= 4 is 17.2 Å². The minimum absolute atomic E-state index is 0.302. The fourth-order valence-corrected chi connectivity index (χ4v) is 2.28. The van der Waals surface area contributed by atoms with Gasteiger partial charge in [0.15, 0.2) is 17.5 Å². The standard InChI is InChI=1S/C13H15N7/c14-7-12-16-13(10-2-1-5-20(10)19-12)15-11-6-9(17-18-11)8-3-4-8/h1-2,5-6,8H,3-4,7,14H2,(H2,15,16,17,18,19). The van der Waals surface area contributed by atoms with Crippen LogP contribution < -0.4 is 11.1 Å². The van der Waals surface area contributed by atoms with Crippen LogP contribution in [0.15, 0.2) is 24.4 Å². The Kier molecular flexibility index (Phi) is 2.46. The van der Waals surface area contributed by atoms with Crippen LogP contribution in [0.3, 0.4) is 0 Å². The van der Waals surface area contributed by atoms with Crippen molar-refractivity contribution in [1.82, 2.24) is 24.8 Å². The van der Waals surface area contributed by atoms with Crippen molar-refractivity contribution in [2.24, 2.45) is 5.73 Å². The van der Waals surface area contributed by atoms with Crippen molar-refractivity contribution in [1.29, 1.82) is 0 Å². The smallest absolute Gasteiger partial charge is 0.165 e. The van der Waals surface area contributed by atoms with E-state index in [1.54, 1.807) is 4.52 Å². The molecule has 0 saturated heterocycles. The largest absolute Gasteiger partial charge is 0.324 e. The topological polar surface area (TPSA) is 96.9 Å². The molecule has 0 spiro atoms. The van der Waals surface area contributed by atoms with Crippen LogP contribution >= 0.6 is 0 Å². The molecule has 0 aliphatic heterocycles. The monoisotopic (exact) mass is 269 g/mol. The normalized spacial score (nSPS) is 14.8. The van der Waals surface area contributed by atoms with E-state index in [1.807, 2.05) is 24.4 Å². The summed E-state index contributed by atoms with van der Waals surface area (Å²) in [4.78, 5) is 4.43. The first-order valence-corrected chi connectivity index (χ1v) is 6.70. The van der Waals surface area contributed by atoms with Gasteiger partial charge in [-0.25, -0.2) is 9.50 Å². The molecule has 0 radical (unpaired) electrons. The van der Waals surface area contributed by atoms with E-state index in [9.17, 15) is 0 Å². The quantitative estimate of drug-likeness (QED) is 0.667. The highest BCUT2D eigenvalue weighted by Gasteiger charge is 2.25. The minimum atomic E-state index is 0.302. The molecule has 3 aromatic rings. The lowest BCUT2D eigenvalue weighted by molar-refractivity contribution is 0.802. The molecule has 1 aliphatic carbocycles. The molecular formula is C13H15N7. The van der Waals surface area contributed by atoms with Gasteiger partial charge in [0.05, 0.1) is 6.54 Å². The van der Waals surface area contributed by atoms with Gasteiger partial charge in [-0.2, -0.15) is 10.2 Å². The molecule has 4 rings (SSSR count). The fraction of sp³-hybridized carbons (Fsp3) is 0.308. The Balaban J connectivity index is 1.70. The van der Waals surface area contributed by atoms with E-state index in [0.717, 1.165) is 17.2 Å². The highest BCUT2D eigenvalue weighted by Crippen LogP contribution is 2.39. The maximum Gasteiger partial charge on any atom is 0.165 e. The van der Waals surface area contributed by atoms with E-state index in [0.29, 0.717) is 18.3 Å². The number of rotatable bonds is 4. The van der Waals surface area contributed by atoms with Crippen molar-refractivity contribution in [3.8, 4) is 0 Å². The molecule has 0 atom stereocenters. The summed E-state index contributed by atoms with van der Waals surface area (Å²) in [6, 6.07) is 5.92. The molecule has 0 amide bonds. The number of nitrogens with one attached hydrogen (secondary N) is 2. The van der Waals surface area contributed by atoms with Crippen molar-refractivity contribution < 1.29 is 0 Å². The van der Waals surface area contributed by atoms with Crippen LogP contribution in [0.25, 0.3) is 5.52 Å². The van der Waals surface area contributed by atoms with Crippen LogP contribution in [0.2, 0.25) is 0 Å². The maximum atomic E-state index is 5.64. The third-order valence-electron chi connectivity index (χ3n) is 3.48. The lowest BCUT2D eigenvalue weighted by atomic mass is 10.3. The summed E-state index contributed by atoms with van der Waals surface area (Å²) in [6.07, 6.45) is 4.37. The minimum Gasteiger partial charge on any atom is -0.324 e. The molecular weight excluding hydrogens is 254 g/mol. The molecule has 1 saturated carbocycles. The summed E-state index contributed by atoms with van der Waals surface area (Å²) in [6.45, 7) is 0.302. The Morgan fingerprint density at radius 3 is 3.15 bits per heavy atom. The van der Waals surface area contributed by atoms with Crippen LogP contribution in [-0.4, -0.2) is 24.8 Å². The molecule has 0 unspecified atom stereocenters. The summed E-state index contributed by atoms with van der Waals surface area (Å²) >= 11 is 0. The molecule has 0 bridgehead atoms. The summed E-state index contributed by atoms with van der Waals surface area (Å²) in [5.74, 6) is 2.74. The van der Waals surface area contributed by atoms with E-state index >= 15 is 0 Å². The lowest BCUT2D eigenvalue weighted by Gasteiger charge is -2.06. The molecule has 102 valence electrons. The number of nitrogens with zero attached hydrogens (tertiary/aromatic N) is 4. The Morgan fingerprint density at radius 1 is 1.45 bits per heavy atom. The number of fused-ring (bicyclic) bond motifs is 1. The Bertz CT molecular complexity index is 753. The van der Waals surface area contributed by atoms with E-state index in [1.165, 1.54) is 18.5 Å². The Labute approximate surface area is 115 Å². The van der Waals surface area contributed by atoms with Crippen LogP contribution in [0.1, 0.15) is 30.3 Å². The first-order chi connectivity index (χ1) is 9.83. The molecule has 1 fully saturated rings. The number of aromatic amines is 1. The van der Waals surface area contributed by atoms with Crippen LogP contribution in [-0.2, 0) is 6.54 Å². The Hall–Kier alpha value is -2.41. The SMILES string of the molecule is NCc1nc(Nc2cc(C3CC3)[nH]n2)c2cccn2n1. The third kappa shape index (κ3) is 1.92. The molecule has 7 nitrogen and oxygen atoms in total. The van der Waals surface area contributed by atoms with E-state index < -0.39 is 0 Å². The number of hydrogen-bond acceptors (Lipinski definition) is 5. The van der Waals surface area contributed by atoms with Gasteiger partial charge in [-0.15, -0.1) is 0 Å². The number of aromatic nitrogens is 5. The lowest BCUT2D eigenvalue weighted by Crippen LogP contribution is -2.09. The van der Waals surface area contributed by atoms with E-state index in [4.69, 9.17) is 5.73 Å². The highest BCUT2D eigenvalue weighted by molar-refractivity contribution is 5.72. The maximum absolute atomic E-state index is 5.64. The molecule has 1 aliphatic rings. The molecule has 0 aromatic carbocycles. The summed E-state index contributed by atoms with van der Waals surface area (Å²) in [5, 5.41) is 14.9. The molecule has 3 heterocycles. The molecule has 7 heteroatoms. The van der Waals surface area contributed by atoms with Gasteiger partial charge in [-0.3, -0.25) is 5.10 Å². The fourth-order valence-electron chi connectivity index (χ4n) is 2.28. The average Bonchev–Trinajstić information content (AvgIpc) is 3.02. The van der Waals surface area contributed by atoms with E-state index in [-0.39, 0.29) is 0 Å². The number of nitrogens with two attached hydrogens (primary N) is 1. The molecule has 3 aromatic heterocycles. The second-order valence-electron chi connectivity index (χ2n) is 5.03. The van der Waals surface area contributed by atoms with Gasteiger partial charge >= 0.3 is 0 Å². The van der Waals surface area contributed by atoms with Gasteiger partial charge in [-0.1, -0.05) is 0 Å². The molecule has 4 N–H and O–H groups in total. The first kappa shape index (κ1) is 11.4. The van der Waals surface area contributed by atoms with Crippen molar-refractivity contribution in [2.45, 2.75) is 25.3 Å². The summed E-state index contributed by atoms with van der Waals surface area (Å²) < 4.78 is 1.77. The summed E-state index contributed by atoms with van der Waals surface area (Å²) in [7, 11) is 0. The average molecular weight is 269 g/mol. The molecule has 20 heavy (non-hydrogen) atoms. The number of H-pyrrole nitrogens is 1. The van der Waals surface area contributed by atoms with Crippen molar-refractivity contribution in [3.63, 3.8) is 0 Å². The number of anilines is 2. The second kappa shape index (κ2) is 4.31. The van der Waals surface area contributed by atoms with E-state index in [2.05, 4.69) is 25.6 Å². The first-order valence-electron chi connectivity index (χ1n) is 6.70. The van der Waals surface area contributed by atoms with Gasteiger partial charge < -0.3 is 11.1 Å². The van der Waals surface area contributed by atoms with Gasteiger partial charge in [0.2, 0.25) is 0 Å². The highest BCUT2D eigenvalue weighted by atomic mass is 15.3. The third-order valence-corrected chi connectivity index (χ3v) is 3.48. The zero-order valence-electron chi connectivity index (χ0n) is 10.9. The summed E-state index contributed by atoms with van der Waals surface area (Å²) in [5.41, 5.74) is 7.72. The van der Waals surface area contributed by atoms with Gasteiger partial charge in [0, 0.05) is 23.9 Å². The van der Waals surface area contributed by atoms with Crippen LogP contribution in [0.5, 0.6) is 0 Å². The van der Waals surface area contributed by atoms with Gasteiger partial charge in [0.1, 0.15) is 5.52 Å². The second-order valence-corrected chi connectivity index (χ2v) is 5.03.